The van der Waals surface area contributed by atoms with E-state index < -0.39 is 18.0 Å². The van der Waals surface area contributed by atoms with Gasteiger partial charge in [0, 0.05) is 12.8 Å². The molecule has 0 saturated carbocycles. The number of allylic oxidation sites excluding steroid dienone is 2. The largest absolute Gasteiger partial charge is 0.479 e. The third-order valence-corrected chi connectivity index (χ3v) is 3.24. The van der Waals surface area contributed by atoms with Crippen LogP contribution in [0.2, 0.25) is 0 Å². The van der Waals surface area contributed by atoms with Gasteiger partial charge in [-0.25, -0.2) is 4.79 Å². The van der Waals surface area contributed by atoms with Crippen LogP contribution in [0.1, 0.15) is 71.6 Å². The number of carboxylic acid groups (broad SMARTS) is 1. The maximum Gasteiger partial charge on any atom is 0.344 e. The lowest BCUT2D eigenvalue weighted by Crippen LogP contribution is -2.23. The lowest BCUT2D eigenvalue weighted by atomic mass is 10.1. The van der Waals surface area contributed by atoms with E-state index >= 15 is 0 Å². The number of rotatable bonds is 11. The number of unbranched alkanes of at least 4 members (excludes halogenated alkanes) is 6. The van der Waals surface area contributed by atoms with Gasteiger partial charge in [-0.15, -0.1) is 0 Å². The summed E-state index contributed by atoms with van der Waals surface area (Å²) in [5.74, 6) is 9.53. The zero-order valence-corrected chi connectivity index (χ0v) is 14.8. The van der Waals surface area contributed by atoms with Crippen LogP contribution >= 0.6 is 0 Å². The Morgan fingerprint density at radius 2 is 1.88 bits per heavy atom. The lowest BCUT2D eigenvalue weighted by Gasteiger charge is -2.07. The van der Waals surface area contributed by atoms with E-state index in [1.807, 2.05) is 6.08 Å². The highest BCUT2D eigenvalue weighted by molar-refractivity contribution is 5.77. The van der Waals surface area contributed by atoms with Gasteiger partial charge in [-0.05, 0) is 44.1 Å². The second-order valence-corrected chi connectivity index (χ2v) is 5.50. The molecule has 0 spiro atoms. The number of carbonyl (C=O) groups is 2. The lowest BCUT2D eigenvalue weighted by molar-refractivity contribution is -0.162. The molecule has 0 fully saturated rings. The highest BCUT2D eigenvalue weighted by Gasteiger charge is 2.15. The number of hydrogen-bond acceptors (Lipinski definition) is 3. The Balaban J connectivity index is 3.67. The average Bonchev–Trinajstić information content (AvgIpc) is 2.55. The molecule has 0 aliphatic rings. The Kier molecular flexibility index (Phi) is 14.2. The Hall–Kier alpha value is -2.20. The standard InChI is InChI=1S/C20H28O4/c1-3-4-5-6-7-8-9-10-11-12-13-14-15-16-17-19(21)24-18(2)20(22)23/h9-10,18H,3-8,15-17H2,1-2H3,(H,22,23)/b10-9+/t18-/m0/s1. The molecule has 0 rings (SSSR count). The maximum absolute atomic E-state index is 11.3. The van der Waals surface area contributed by atoms with E-state index in [1.165, 1.54) is 39.0 Å². The van der Waals surface area contributed by atoms with Gasteiger partial charge in [0.2, 0.25) is 0 Å². The van der Waals surface area contributed by atoms with Crippen molar-refractivity contribution in [1.82, 2.24) is 0 Å². The predicted molar refractivity (Wildman–Crippen MR) is 95.1 cm³/mol. The summed E-state index contributed by atoms with van der Waals surface area (Å²) in [5.41, 5.74) is 0. The zero-order chi connectivity index (χ0) is 18.0. The molecule has 4 nitrogen and oxygen atoms in total. The van der Waals surface area contributed by atoms with Gasteiger partial charge in [0.05, 0.1) is 0 Å². The third-order valence-electron chi connectivity index (χ3n) is 3.24. The normalized spacial score (nSPS) is 11.1. The van der Waals surface area contributed by atoms with Crippen LogP contribution in [-0.4, -0.2) is 23.1 Å². The molecule has 1 atom stereocenters. The molecule has 0 amide bonds. The summed E-state index contributed by atoms with van der Waals surface area (Å²) >= 11 is 0. The van der Waals surface area contributed by atoms with Crippen molar-refractivity contribution in [3.05, 3.63) is 12.2 Å². The average molecular weight is 332 g/mol. The van der Waals surface area contributed by atoms with E-state index in [1.54, 1.807) is 0 Å². The number of carbonyl (C=O) groups excluding carboxylic acids is 1. The van der Waals surface area contributed by atoms with Gasteiger partial charge in [-0.3, -0.25) is 4.79 Å². The van der Waals surface area contributed by atoms with Crippen LogP contribution in [0.3, 0.4) is 0 Å². The van der Waals surface area contributed by atoms with E-state index in [0.717, 1.165) is 6.42 Å². The first-order valence-electron chi connectivity index (χ1n) is 8.63. The summed E-state index contributed by atoms with van der Waals surface area (Å²) in [7, 11) is 0. The first-order chi connectivity index (χ1) is 11.6. The monoisotopic (exact) mass is 332 g/mol. The Morgan fingerprint density at radius 3 is 2.58 bits per heavy atom. The van der Waals surface area contributed by atoms with Crippen molar-refractivity contribution in [2.75, 3.05) is 0 Å². The molecule has 0 radical (unpaired) electrons. The highest BCUT2D eigenvalue weighted by atomic mass is 16.6. The summed E-state index contributed by atoms with van der Waals surface area (Å²) in [6, 6.07) is 0. The molecule has 132 valence electrons. The summed E-state index contributed by atoms with van der Waals surface area (Å²) in [6.45, 7) is 3.54. The van der Waals surface area contributed by atoms with Crippen LogP contribution in [-0.2, 0) is 14.3 Å². The van der Waals surface area contributed by atoms with E-state index in [2.05, 4.69) is 36.7 Å². The molecular formula is C20H28O4. The molecular weight excluding hydrogens is 304 g/mol. The molecule has 0 aromatic carbocycles. The SMILES string of the molecule is CCCCCCC/C=C/C#CC#CCCCC(=O)O[C@@H](C)C(=O)O. The Labute approximate surface area is 145 Å². The van der Waals surface area contributed by atoms with Crippen molar-refractivity contribution in [1.29, 1.82) is 0 Å². The molecule has 0 aliphatic heterocycles. The van der Waals surface area contributed by atoms with Crippen LogP contribution < -0.4 is 0 Å². The van der Waals surface area contributed by atoms with Gasteiger partial charge < -0.3 is 9.84 Å². The molecule has 0 aromatic rings. The van der Waals surface area contributed by atoms with E-state index in [0.29, 0.717) is 12.8 Å². The van der Waals surface area contributed by atoms with Gasteiger partial charge in [-0.1, -0.05) is 50.5 Å². The Bertz CT molecular complexity index is 511. The van der Waals surface area contributed by atoms with E-state index in [9.17, 15) is 9.59 Å². The fourth-order valence-electron chi connectivity index (χ4n) is 1.82. The molecule has 4 heteroatoms. The molecule has 0 saturated heterocycles. The first kappa shape index (κ1) is 21.8. The van der Waals surface area contributed by atoms with Crippen LogP contribution in [0.25, 0.3) is 0 Å². The fraction of sp³-hybridized carbons (Fsp3) is 0.600. The smallest absolute Gasteiger partial charge is 0.344 e. The summed E-state index contributed by atoms with van der Waals surface area (Å²) in [4.78, 5) is 21.8. The number of ether oxygens (including phenoxy) is 1. The fourth-order valence-corrected chi connectivity index (χ4v) is 1.82. The van der Waals surface area contributed by atoms with Gasteiger partial charge >= 0.3 is 11.9 Å². The number of esters is 1. The quantitative estimate of drug-likeness (QED) is 0.351. The molecule has 0 aromatic heterocycles. The summed E-state index contributed by atoms with van der Waals surface area (Å²) < 4.78 is 4.70. The molecule has 24 heavy (non-hydrogen) atoms. The Morgan fingerprint density at radius 1 is 1.12 bits per heavy atom. The molecule has 0 bridgehead atoms. The van der Waals surface area contributed by atoms with Gasteiger partial charge in [0.1, 0.15) is 0 Å². The maximum atomic E-state index is 11.3. The molecule has 0 heterocycles. The molecule has 0 unspecified atom stereocenters. The van der Waals surface area contributed by atoms with Crippen molar-refractivity contribution in [2.24, 2.45) is 0 Å². The number of aliphatic carboxylic acids is 1. The second kappa shape index (κ2) is 15.7. The van der Waals surface area contributed by atoms with Gasteiger partial charge in [0.25, 0.3) is 0 Å². The topological polar surface area (TPSA) is 63.6 Å². The highest BCUT2D eigenvalue weighted by Crippen LogP contribution is 2.05. The minimum Gasteiger partial charge on any atom is -0.479 e. The van der Waals surface area contributed by atoms with Crippen molar-refractivity contribution in [3.63, 3.8) is 0 Å². The zero-order valence-electron chi connectivity index (χ0n) is 14.8. The van der Waals surface area contributed by atoms with E-state index in [4.69, 9.17) is 9.84 Å². The van der Waals surface area contributed by atoms with Crippen LogP contribution in [0.5, 0.6) is 0 Å². The minimum absolute atomic E-state index is 0.164. The van der Waals surface area contributed by atoms with Crippen LogP contribution in [0, 0.1) is 23.7 Å². The molecule has 0 aliphatic carbocycles. The van der Waals surface area contributed by atoms with Gasteiger partial charge in [0.15, 0.2) is 6.10 Å². The van der Waals surface area contributed by atoms with Crippen molar-refractivity contribution in [2.45, 2.75) is 77.7 Å². The second-order valence-electron chi connectivity index (χ2n) is 5.50. The van der Waals surface area contributed by atoms with Crippen LogP contribution in [0.4, 0.5) is 0 Å². The third kappa shape index (κ3) is 14.7. The van der Waals surface area contributed by atoms with Crippen molar-refractivity contribution >= 4 is 11.9 Å². The number of carboxylic acids is 1. The predicted octanol–water partition coefficient (Wildman–Crippen LogP) is 4.10. The van der Waals surface area contributed by atoms with Gasteiger partial charge in [-0.2, -0.15) is 0 Å². The van der Waals surface area contributed by atoms with Crippen molar-refractivity contribution < 1.29 is 19.4 Å². The number of hydrogen-bond donors (Lipinski definition) is 1. The molecule has 1 N–H and O–H groups in total. The summed E-state index contributed by atoms with van der Waals surface area (Å²) in [5, 5.41) is 8.61. The summed E-state index contributed by atoms with van der Waals surface area (Å²) in [6.07, 6.45) is 11.5. The van der Waals surface area contributed by atoms with Crippen molar-refractivity contribution in [3.8, 4) is 23.7 Å². The van der Waals surface area contributed by atoms with Crippen LogP contribution in [0.15, 0.2) is 12.2 Å². The minimum atomic E-state index is -1.15. The van der Waals surface area contributed by atoms with E-state index in [-0.39, 0.29) is 6.42 Å². The first-order valence-corrected chi connectivity index (χ1v) is 8.63.